The highest BCUT2D eigenvalue weighted by Gasteiger charge is 2.13. The summed E-state index contributed by atoms with van der Waals surface area (Å²) >= 11 is 6.15. The minimum atomic E-state index is -0.185. The van der Waals surface area contributed by atoms with Crippen LogP contribution >= 0.6 is 11.6 Å². The third-order valence-corrected chi connectivity index (χ3v) is 3.79. The predicted molar refractivity (Wildman–Crippen MR) is 69.2 cm³/mol. The van der Waals surface area contributed by atoms with Crippen LogP contribution < -0.4 is 5.32 Å². The molecule has 2 nitrogen and oxygen atoms in total. The van der Waals surface area contributed by atoms with Gasteiger partial charge in [0, 0.05) is 43.3 Å². The zero-order chi connectivity index (χ0) is 12.3. The van der Waals surface area contributed by atoms with E-state index in [1.165, 1.54) is 6.07 Å². The number of nitrogens with one attached hydrogen (secondary N) is 1. The van der Waals surface area contributed by atoms with Gasteiger partial charge in [0.25, 0.3) is 0 Å². The van der Waals surface area contributed by atoms with Gasteiger partial charge in [-0.15, -0.1) is 0 Å². The Balaban J connectivity index is 2.00. The fraction of sp³-hybridized carbons (Fsp3) is 0.538. The fourth-order valence-corrected chi connectivity index (χ4v) is 2.40. The second kappa shape index (κ2) is 5.80. The molecule has 0 bridgehead atoms. The van der Waals surface area contributed by atoms with Gasteiger partial charge in [-0.1, -0.05) is 17.7 Å². The van der Waals surface area contributed by atoms with E-state index < -0.39 is 0 Å². The molecule has 1 aliphatic heterocycles. The highest BCUT2D eigenvalue weighted by molar-refractivity contribution is 6.32. The Morgan fingerprint density at radius 3 is 2.76 bits per heavy atom. The number of hydrogen-bond donors (Lipinski definition) is 1. The monoisotopic (exact) mass is 256 g/mol. The van der Waals surface area contributed by atoms with E-state index in [1.54, 1.807) is 6.07 Å². The molecule has 1 saturated heterocycles. The average Bonchev–Trinajstić information content (AvgIpc) is 2.35. The van der Waals surface area contributed by atoms with Gasteiger partial charge in [-0.3, -0.25) is 0 Å². The molecular formula is C13H18ClFN2. The Morgan fingerprint density at radius 2 is 2.06 bits per heavy atom. The van der Waals surface area contributed by atoms with Crippen molar-refractivity contribution < 1.29 is 4.39 Å². The minimum Gasteiger partial charge on any atom is -0.314 e. The van der Waals surface area contributed by atoms with Crippen molar-refractivity contribution in [3.63, 3.8) is 0 Å². The first-order valence-corrected chi connectivity index (χ1v) is 6.43. The molecule has 1 fully saturated rings. The molecule has 1 heterocycles. The van der Waals surface area contributed by atoms with Crippen LogP contribution in [0.3, 0.4) is 0 Å². The second-order valence-electron chi connectivity index (χ2n) is 4.50. The largest absolute Gasteiger partial charge is 0.314 e. The molecule has 0 spiro atoms. The molecule has 0 amide bonds. The van der Waals surface area contributed by atoms with Gasteiger partial charge in [-0.25, -0.2) is 4.39 Å². The van der Waals surface area contributed by atoms with E-state index in [9.17, 15) is 4.39 Å². The van der Waals surface area contributed by atoms with Crippen molar-refractivity contribution in [1.82, 2.24) is 10.2 Å². The maximum atomic E-state index is 13.7. The summed E-state index contributed by atoms with van der Waals surface area (Å²) in [5, 5.41) is 3.89. The molecule has 0 atom stereocenters. The molecule has 2 rings (SSSR count). The molecule has 0 unspecified atom stereocenters. The van der Waals surface area contributed by atoms with Gasteiger partial charge in [-0.05, 0) is 25.0 Å². The lowest BCUT2D eigenvalue weighted by Gasteiger charge is -2.27. The summed E-state index contributed by atoms with van der Waals surface area (Å²) in [4.78, 5) is 2.34. The summed E-state index contributed by atoms with van der Waals surface area (Å²) in [5.41, 5.74) is 1.61. The van der Waals surface area contributed by atoms with Crippen LogP contribution in [0.25, 0.3) is 0 Å². The number of aryl methyl sites for hydroxylation is 1. The first-order chi connectivity index (χ1) is 8.18. The van der Waals surface area contributed by atoms with Crippen LogP contribution in [0, 0.1) is 12.7 Å². The summed E-state index contributed by atoms with van der Waals surface area (Å²) in [6, 6.07) is 3.24. The van der Waals surface area contributed by atoms with Crippen molar-refractivity contribution in [3.8, 4) is 0 Å². The zero-order valence-electron chi connectivity index (χ0n) is 10.1. The molecule has 0 radical (unpaired) electrons. The Bertz CT molecular complexity index is 389. The summed E-state index contributed by atoms with van der Waals surface area (Å²) in [6.45, 7) is 6.89. The van der Waals surface area contributed by atoms with Gasteiger partial charge in [-0.2, -0.15) is 0 Å². The molecule has 1 N–H and O–H groups in total. The summed E-state index contributed by atoms with van der Waals surface area (Å²) in [5.74, 6) is -0.185. The number of hydrogen-bond acceptors (Lipinski definition) is 2. The van der Waals surface area contributed by atoms with E-state index in [4.69, 9.17) is 11.6 Å². The standard InChI is InChI=1S/C13H18ClFN2/c1-10-2-3-12(15)11(13(10)14)4-7-17-8-5-16-6-9-17/h2-3,16H,4-9H2,1H3. The Kier molecular flexibility index (Phi) is 4.37. The first-order valence-electron chi connectivity index (χ1n) is 6.05. The summed E-state index contributed by atoms with van der Waals surface area (Å²) in [7, 11) is 0. The predicted octanol–water partition coefficient (Wildman–Crippen LogP) is 2.24. The highest BCUT2D eigenvalue weighted by Crippen LogP contribution is 2.24. The molecule has 17 heavy (non-hydrogen) atoms. The number of halogens is 2. The maximum Gasteiger partial charge on any atom is 0.127 e. The van der Waals surface area contributed by atoms with Gasteiger partial charge in [0.15, 0.2) is 0 Å². The average molecular weight is 257 g/mol. The van der Waals surface area contributed by atoms with E-state index in [0.717, 1.165) is 38.3 Å². The van der Waals surface area contributed by atoms with E-state index in [2.05, 4.69) is 10.2 Å². The fourth-order valence-electron chi connectivity index (χ4n) is 2.15. The van der Waals surface area contributed by atoms with Crippen molar-refractivity contribution >= 4 is 11.6 Å². The van der Waals surface area contributed by atoms with E-state index in [1.807, 2.05) is 6.92 Å². The molecule has 1 aromatic carbocycles. The SMILES string of the molecule is Cc1ccc(F)c(CCN2CCNCC2)c1Cl. The quantitative estimate of drug-likeness (QED) is 0.892. The molecule has 1 aliphatic rings. The maximum absolute atomic E-state index is 13.7. The third-order valence-electron chi connectivity index (χ3n) is 3.27. The first kappa shape index (κ1) is 12.8. The van der Waals surface area contributed by atoms with Crippen molar-refractivity contribution in [3.05, 3.63) is 34.1 Å². The zero-order valence-corrected chi connectivity index (χ0v) is 10.9. The van der Waals surface area contributed by atoms with Gasteiger partial charge < -0.3 is 10.2 Å². The summed E-state index contributed by atoms with van der Waals surface area (Å²) < 4.78 is 13.7. The Morgan fingerprint density at radius 1 is 1.35 bits per heavy atom. The van der Waals surface area contributed by atoms with Crippen molar-refractivity contribution in [2.24, 2.45) is 0 Å². The number of piperazine rings is 1. The van der Waals surface area contributed by atoms with Crippen LogP contribution in [0.2, 0.25) is 5.02 Å². The van der Waals surface area contributed by atoms with Crippen LogP contribution in [0.1, 0.15) is 11.1 Å². The number of benzene rings is 1. The summed E-state index contributed by atoms with van der Waals surface area (Å²) in [6.07, 6.45) is 0.687. The van der Waals surface area contributed by atoms with Crippen molar-refractivity contribution in [2.75, 3.05) is 32.7 Å². The lowest BCUT2D eigenvalue weighted by Crippen LogP contribution is -2.44. The van der Waals surface area contributed by atoms with E-state index >= 15 is 0 Å². The van der Waals surface area contributed by atoms with E-state index in [0.29, 0.717) is 17.0 Å². The van der Waals surface area contributed by atoms with Gasteiger partial charge in [0.05, 0.1) is 0 Å². The lowest BCUT2D eigenvalue weighted by molar-refractivity contribution is 0.243. The van der Waals surface area contributed by atoms with Crippen molar-refractivity contribution in [2.45, 2.75) is 13.3 Å². The Labute approximate surface area is 107 Å². The lowest BCUT2D eigenvalue weighted by atomic mass is 10.1. The number of rotatable bonds is 3. The van der Waals surface area contributed by atoms with Crippen LogP contribution in [0.5, 0.6) is 0 Å². The van der Waals surface area contributed by atoms with Gasteiger partial charge in [0.2, 0.25) is 0 Å². The highest BCUT2D eigenvalue weighted by atomic mass is 35.5. The Hall–Kier alpha value is -0.640. The van der Waals surface area contributed by atoms with E-state index in [-0.39, 0.29) is 5.82 Å². The molecule has 0 aliphatic carbocycles. The van der Waals surface area contributed by atoms with Gasteiger partial charge >= 0.3 is 0 Å². The van der Waals surface area contributed by atoms with Gasteiger partial charge in [0.1, 0.15) is 5.82 Å². The third kappa shape index (κ3) is 3.18. The molecule has 0 saturated carbocycles. The molecular weight excluding hydrogens is 239 g/mol. The number of nitrogens with zero attached hydrogens (tertiary/aromatic N) is 1. The smallest absolute Gasteiger partial charge is 0.127 e. The molecule has 0 aromatic heterocycles. The molecule has 4 heteroatoms. The van der Waals surface area contributed by atoms with Crippen LogP contribution in [-0.2, 0) is 6.42 Å². The minimum absolute atomic E-state index is 0.185. The molecule has 94 valence electrons. The van der Waals surface area contributed by atoms with Crippen LogP contribution in [0.15, 0.2) is 12.1 Å². The van der Waals surface area contributed by atoms with Crippen LogP contribution in [0.4, 0.5) is 4.39 Å². The van der Waals surface area contributed by atoms with Crippen molar-refractivity contribution in [1.29, 1.82) is 0 Å². The second-order valence-corrected chi connectivity index (χ2v) is 4.88. The topological polar surface area (TPSA) is 15.3 Å². The normalized spacial score (nSPS) is 17.4. The van der Waals surface area contributed by atoms with Crippen LogP contribution in [-0.4, -0.2) is 37.6 Å². The molecule has 1 aromatic rings.